The molecule has 0 heterocycles. The smallest absolute Gasteiger partial charge is 0.125 e. The van der Waals surface area contributed by atoms with E-state index in [4.69, 9.17) is 5.21 Å². The first-order chi connectivity index (χ1) is 3.31. The lowest BCUT2D eigenvalue weighted by molar-refractivity contribution is -1.08. The quantitative estimate of drug-likeness (QED) is 0.306. The van der Waals surface area contributed by atoms with Crippen molar-refractivity contribution in [2.45, 2.75) is 6.92 Å². The van der Waals surface area contributed by atoms with Gasteiger partial charge in [0, 0.05) is 0 Å². The Balaban J connectivity index is 0. The Morgan fingerprint density at radius 3 is 2.38 bits per heavy atom. The van der Waals surface area contributed by atoms with Crippen molar-refractivity contribution in [3.05, 3.63) is 12.7 Å². The van der Waals surface area contributed by atoms with Crippen LogP contribution in [-0.4, -0.2) is 18.3 Å². The van der Waals surface area contributed by atoms with E-state index in [0.29, 0.717) is 11.6 Å². The van der Waals surface area contributed by atoms with Crippen LogP contribution in [0.3, 0.4) is 0 Å². The van der Waals surface area contributed by atoms with Gasteiger partial charge in [0.1, 0.15) is 13.1 Å². The summed E-state index contributed by atoms with van der Waals surface area (Å²) in [5.74, 6) is 0. The van der Waals surface area contributed by atoms with Gasteiger partial charge in [-0.2, -0.15) is 5.06 Å². The second kappa shape index (κ2) is 6.95. The summed E-state index contributed by atoms with van der Waals surface area (Å²) < 4.78 is 0. The predicted octanol–water partition coefficient (Wildman–Crippen LogP) is -3.53. The van der Waals surface area contributed by atoms with E-state index in [9.17, 15) is 0 Å². The van der Waals surface area contributed by atoms with Gasteiger partial charge in [-0.25, -0.2) is 5.21 Å². The Labute approximate surface area is 56.2 Å². The van der Waals surface area contributed by atoms with Crippen LogP contribution in [0.1, 0.15) is 6.92 Å². The topological polar surface area (TPSA) is 24.7 Å². The molecule has 0 fully saturated rings. The van der Waals surface area contributed by atoms with E-state index in [2.05, 4.69) is 6.58 Å². The molecule has 3 heteroatoms. The van der Waals surface area contributed by atoms with Gasteiger partial charge in [-0.05, 0) is 13.0 Å². The van der Waals surface area contributed by atoms with Crippen molar-refractivity contribution in [3.63, 3.8) is 0 Å². The van der Waals surface area contributed by atoms with Gasteiger partial charge in [0.15, 0.2) is 0 Å². The second-order valence-electron chi connectivity index (χ2n) is 1.41. The summed E-state index contributed by atoms with van der Waals surface area (Å²) in [6, 6.07) is 0. The maximum absolute atomic E-state index is 8.70. The van der Waals surface area contributed by atoms with Crippen molar-refractivity contribution in [1.82, 2.24) is 0 Å². The molecule has 0 saturated carbocycles. The SMILES string of the molecule is C=CC[NH+](O)CC.[Cl-]. The minimum atomic E-state index is 0. The van der Waals surface area contributed by atoms with Gasteiger partial charge < -0.3 is 12.4 Å². The lowest BCUT2D eigenvalue weighted by Crippen LogP contribution is -3.09. The number of rotatable bonds is 3. The average Bonchev–Trinajstić information content (AvgIpc) is 1.68. The van der Waals surface area contributed by atoms with Crippen molar-refractivity contribution in [1.29, 1.82) is 0 Å². The Bertz CT molecular complexity index is 58.4. The fourth-order valence-electron chi connectivity index (χ4n) is 0.311. The molecule has 0 rings (SSSR count). The molecule has 0 aromatic carbocycles. The van der Waals surface area contributed by atoms with E-state index in [-0.39, 0.29) is 12.4 Å². The molecule has 0 aliphatic rings. The van der Waals surface area contributed by atoms with Crippen molar-refractivity contribution in [2.24, 2.45) is 0 Å². The van der Waals surface area contributed by atoms with Crippen LogP contribution in [0.25, 0.3) is 0 Å². The van der Waals surface area contributed by atoms with Gasteiger partial charge in [0.25, 0.3) is 0 Å². The molecule has 0 aliphatic heterocycles. The highest BCUT2D eigenvalue weighted by molar-refractivity contribution is 4.61. The van der Waals surface area contributed by atoms with Gasteiger partial charge >= 0.3 is 0 Å². The first-order valence-electron chi connectivity index (χ1n) is 2.45. The third kappa shape index (κ3) is 5.95. The van der Waals surface area contributed by atoms with Gasteiger partial charge in [-0.3, -0.25) is 0 Å². The zero-order chi connectivity index (χ0) is 5.70. The number of hydroxylamine groups is 2. The standard InChI is InChI=1S/C5H11NO.ClH/c1-3-5-6(7)4-2;/h3,7H,1,4-5H2,2H3;1H. The fraction of sp³-hybridized carbons (Fsp3) is 0.600. The second-order valence-corrected chi connectivity index (χ2v) is 1.41. The Morgan fingerprint density at radius 2 is 2.25 bits per heavy atom. The molecule has 0 saturated heterocycles. The normalized spacial score (nSPS) is 11.8. The Morgan fingerprint density at radius 1 is 1.75 bits per heavy atom. The summed E-state index contributed by atoms with van der Waals surface area (Å²) in [7, 11) is 0. The van der Waals surface area contributed by atoms with E-state index in [1.54, 1.807) is 6.08 Å². The van der Waals surface area contributed by atoms with Crippen LogP contribution in [0.2, 0.25) is 0 Å². The van der Waals surface area contributed by atoms with E-state index in [1.165, 1.54) is 0 Å². The van der Waals surface area contributed by atoms with Crippen LogP contribution in [0.4, 0.5) is 0 Å². The largest absolute Gasteiger partial charge is 1.00 e. The lowest BCUT2D eigenvalue weighted by atomic mass is 10.6. The summed E-state index contributed by atoms with van der Waals surface area (Å²) >= 11 is 0. The summed E-state index contributed by atoms with van der Waals surface area (Å²) in [4.78, 5) is 0. The summed E-state index contributed by atoms with van der Waals surface area (Å²) in [6.07, 6.45) is 1.69. The van der Waals surface area contributed by atoms with E-state index in [0.717, 1.165) is 6.54 Å². The molecule has 1 unspecified atom stereocenters. The highest BCUT2D eigenvalue weighted by Gasteiger charge is 1.91. The van der Waals surface area contributed by atoms with E-state index < -0.39 is 0 Å². The maximum Gasteiger partial charge on any atom is 0.125 e. The number of nitrogens with one attached hydrogen (secondary N) is 1. The van der Waals surface area contributed by atoms with Crippen molar-refractivity contribution in [3.8, 4) is 0 Å². The molecule has 1 atom stereocenters. The fourth-order valence-corrected chi connectivity index (χ4v) is 0.311. The molecule has 0 aromatic heterocycles. The highest BCUT2D eigenvalue weighted by atomic mass is 35.5. The van der Waals surface area contributed by atoms with Crippen LogP contribution >= 0.6 is 0 Å². The van der Waals surface area contributed by atoms with Crippen LogP contribution in [0.5, 0.6) is 0 Å². The Kier molecular flexibility index (Phi) is 9.42. The van der Waals surface area contributed by atoms with Gasteiger partial charge in [0.2, 0.25) is 0 Å². The number of hydrogen-bond donors (Lipinski definition) is 2. The molecule has 8 heavy (non-hydrogen) atoms. The van der Waals surface area contributed by atoms with Crippen molar-refractivity contribution < 1.29 is 22.7 Å². The van der Waals surface area contributed by atoms with Gasteiger partial charge in [-0.15, -0.1) is 0 Å². The number of halogens is 1. The summed E-state index contributed by atoms with van der Waals surface area (Å²) in [6.45, 7) is 6.76. The highest BCUT2D eigenvalue weighted by Crippen LogP contribution is 1.46. The monoisotopic (exact) mass is 137 g/mol. The molecule has 0 aromatic rings. The maximum atomic E-state index is 8.70. The van der Waals surface area contributed by atoms with Crippen LogP contribution in [-0.2, 0) is 0 Å². The molecule has 2 nitrogen and oxygen atoms in total. The molecule has 50 valence electrons. The molecule has 0 bridgehead atoms. The molecular formula is C5H12ClNO. The minimum absolute atomic E-state index is 0. The molecule has 2 N–H and O–H groups in total. The zero-order valence-electron chi connectivity index (χ0n) is 5.02. The Hall–Kier alpha value is -0.0500. The lowest BCUT2D eigenvalue weighted by Gasteiger charge is -2.01. The molecule has 0 aliphatic carbocycles. The molecule has 0 spiro atoms. The minimum Gasteiger partial charge on any atom is -1.00 e. The van der Waals surface area contributed by atoms with Crippen molar-refractivity contribution in [2.75, 3.05) is 13.1 Å². The molecule has 0 radical (unpaired) electrons. The number of quaternary nitrogens is 1. The first-order valence-corrected chi connectivity index (χ1v) is 2.45. The zero-order valence-corrected chi connectivity index (χ0v) is 5.78. The van der Waals surface area contributed by atoms with Crippen LogP contribution in [0, 0.1) is 0 Å². The van der Waals surface area contributed by atoms with Crippen LogP contribution in [0.15, 0.2) is 12.7 Å². The third-order valence-electron chi connectivity index (χ3n) is 0.788. The van der Waals surface area contributed by atoms with Gasteiger partial charge in [-0.1, -0.05) is 6.58 Å². The van der Waals surface area contributed by atoms with E-state index >= 15 is 0 Å². The number of hydrogen-bond acceptors (Lipinski definition) is 1. The molecular weight excluding hydrogens is 126 g/mol. The van der Waals surface area contributed by atoms with Crippen LogP contribution < -0.4 is 17.5 Å². The summed E-state index contributed by atoms with van der Waals surface area (Å²) in [5, 5.41) is 9.21. The third-order valence-corrected chi connectivity index (χ3v) is 0.788. The molecule has 0 amide bonds. The van der Waals surface area contributed by atoms with Gasteiger partial charge in [0.05, 0.1) is 0 Å². The average molecular weight is 138 g/mol. The predicted molar refractivity (Wildman–Crippen MR) is 28.4 cm³/mol. The summed E-state index contributed by atoms with van der Waals surface area (Å²) in [5.41, 5.74) is 0. The number of likely N-dealkylation sites (N-methyl/N-ethyl adjacent to an activating group) is 1. The van der Waals surface area contributed by atoms with E-state index in [1.807, 2.05) is 6.92 Å². The first kappa shape index (κ1) is 10.8. The van der Waals surface area contributed by atoms with Crippen molar-refractivity contribution >= 4 is 0 Å².